The van der Waals surface area contributed by atoms with Crippen LogP contribution in [0.2, 0.25) is 0 Å². The summed E-state index contributed by atoms with van der Waals surface area (Å²) in [5.41, 5.74) is 0.382. The summed E-state index contributed by atoms with van der Waals surface area (Å²) in [6.07, 6.45) is 2.39. The molecule has 2 rings (SSSR count). The van der Waals surface area contributed by atoms with Crippen LogP contribution in [0.3, 0.4) is 0 Å². The number of aliphatic hydroxyl groups is 1. The molecule has 0 aromatic carbocycles. The highest BCUT2D eigenvalue weighted by Crippen LogP contribution is 2.21. The lowest BCUT2D eigenvalue weighted by atomic mass is 9.92. The van der Waals surface area contributed by atoms with E-state index in [1.165, 1.54) is 0 Å². The molecule has 0 spiro atoms. The van der Waals surface area contributed by atoms with E-state index in [0.29, 0.717) is 30.5 Å². The quantitative estimate of drug-likeness (QED) is 0.860. The van der Waals surface area contributed by atoms with Gasteiger partial charge in [-0.25, -0.2) is 0 Å². The Labute approximate surface area is 125 Å². The third-order valence-electron chi connectivity index (χ3n) is 3.95. The maximum Gasteiger partial charge on any atom is 0.274 e. The van der Waals surface area contributed by atoms with E-state index in [9.17, 15) is 9.90 Å². The third-order valence-corrected chi connectivity index (χ3v) is 3.95. The van der Waals surface area contributed by atoms with Gasteiger partial charge in [-0.3, -0.25) is 4.79 Å². The molecule has 1 unspecified atom stereocenters. The van der Waals surface area contributed by atoms with Gasteiger partial charge >= 0.3 is 0 Å². The molecule has 2 N–H and O–H groups in total. The number of rotatable bonds is 5. The Balaban J connectivity index is 1.91. The van der Waals surface area contributed by atoms with Gasteiger partial charge in [0.2, 0.25) is 0 Å². The van der Waals surface area contributed by atoms with Crippen LogP contribution in [0.1, 0.15) is 43.6 Å². The predicted molar refractivity (Wildman–Crippen MR) is 81.1 cm³/mol. The van der Waals surface area contributed by atoms with Crippen molar-refractivity contribution in [1.82, 2.24) is 15.1 Å². The molecule has 1 aromatic rings. The largest absolute Gasteiger partial charge is 0.393 e. The summed E-state index contributed by atoms with van der Waals surface area (Å²) in [5.74, 6) is 0.913. The molecule has 0 aliphatic carbocycles. The molecular formula is C15H24N4O2. The summed E-state index contributed by atoms with van der Waals surface area (Å²) < 4.78 is 0. The summed E-state index contributed by atoms with van der Waals surface area (Å²) >= 11 is 0. The first-order chi connectivity index (χ1) is 10.1. The van der Waals surface area contributed by atoms with E-state index >= 15 is 0 Å². The molecule has 1 saturated heterocycles. The van der Waals surface area contributed by atoms with Gasteiger partial charge in [0.05, 0.1) is 6.10 Å². The molecule has 21 heavy (non-hydrogen) atoms. The Kier molecular flexibility index (Phi) is 5.50. The van der Waals surface area contributed by atoms with E-state index in [-0.39, 0.29) is 12.0 Å². The van der Waals surface area contributed by atoms with E-state index in [2.05, 4.69) is 22.4 Å². The van der Waals surface area contributed by atoms with Crippen molar-refractivity contribution in [2.24, 2.45) is 5.92 Å². The van der Waals surface area contributed by atoms with E-state index in [1.807, 2.05) is 6.92 Å². The SMILES string of the molecule is CCCNc1ccc(C(=O)N2CCC(C(C)O)CC2)nn1. The Morgan fingerprint density at radius 2 is 2.14 bits per heavy atom. The fourth-order valence-electron chi connectivity index (χ4n) is 2.54. The molecule has 1 aromatic heterocycles. The van der Waals surface area contributed by atoms with Crippen LogP contribution >= 0.6 is 0 Å². The van der Waals surface area contributed by atoms with Crippen molar-refractivity contribution in [1.29, 1.82) is 0 Å². The molecule has 1 fully saturated rings. The fourth-order valence-corrected chi connectivity index (χ4v) is 2.54. The Bertz CT molecular complexity index is 453. The lowest BCUT2D eigenvalue weighted by Crippen LogP contribution is -2.41. The molecule has 0 radical (unpaired) electrons. The minimum absolute atomic E-state index is 0.0754. The van der Waals surface area contributed by atoms with Crippen molar-refractivity contribution < 1.29 is 9.90 Å². The Hall–Kier alpha value is -1.69. The number of nitrogens with one attached hydrogen (secondary N) is 1. The van der Waals surface area contributed by atoms with Crippen LogP contribution in [-0.4, -0.2) is 51.8 Å². The van der Waals surface area contributed by atoms with Gasteiger partial charge in [0, 0.05) is 19.6 Å². The summed E-state index contributed by atoms with van der Waals surface area (Å²) in [6.45, 7) is 6.08. The molecule has 0 saturated carbocycles. The number of anilines is 1. The van der Waals surface area contributed by atoms with Crippen molar-refractivity contribution in [3.63, 3.8) is 0 Å². The van der Waals surface area contributed by atoms with E-state index in [1.54, 1.807) is 17.0 Å². The molecule has 1 atom stereocenters. The van der Waals surface area contributed by atoms with Gasteiger partial charge in [-0.05, 0) is 44.2 Å². The summed E-state index contributed by atoms with van der Waals surface area (Å²) in [4.78, 5) is 14.1. The maximum atomic E-state index is 12.3. The van der Waals surface area contributed by atoms with Crippen molar-refractivity contribution in [2.75, 3.05) is 25.0 Å². The van der Waals surface area contributed by atoms with Crippen LogP contribution in [0.5, 0.6) is 0 Å². The summed E-state index contributed by atoms with van der Waals surface area (Å²) in [6, 6.07) is 3.51. The number of carbonyl (C=O) groups excluding carboxylic acids is 1. The molecule has 1 aliphatic rings. The van der Waals surface area contributed by atoms with E-state index in [0.717, 1.165) is 25.8 Å². The molecular weight excluding hydrogens is 268 g/mol. The van der Waals surface area contributed by atoms with E-state index < -0.39 is 0 Å². The van der Waals surface area contributed by atoms with Gasteiger partial charge in [0.1, 0.15) is 5.82 Å². The number of aliphatic hydroxyl groups excluding tert-OH is 1. The molecule has 2 heterocycles. The van der Waals surface area contributed by atoms with Gasteiger partial charge in [0.25, 0.3) is 5.91 Å². The number of hydrogen-bond donors (Lipinski definition) is 2. The van der Waals surface area contributed by atoms with Crippen LogP contribution < -0.4 is 5.32 Å². The lowest BCUT2D eigenvalue weighted by Gasteiger charge is -2.33. The predicted octanol–water partition coefficient (Wildman–Crippen LogP) is 1.53. The zero-order valence-electron chi connectivity index (χ0n) is 12.7. The molecule has 1 amide bonds. The van der Waals surface area contributed by atoms with Crippen LogP contribution in [0, 0.1) is 5.92 Å². The lowest BCUT2D eigenvalue weighted by molar-refractivity contribution is 0.0516. The molecule has 0 bridgehead atoms. The summed E-state index contributed by atoms with van der Waals surface area (Å²) in [7, 11) is 0. The average Bonchev–Trinajstić information content (AvgIpc) is 2.53. The second kappa shape index (κ2) is 7.36. The van der Waals surface area contributed by atoms with Gasteiger partial charge in [-0.15, -0.1) is 10.2 Å². The van der Waals surface area contributed by atoms with Crippen LogP contribution in [0.25, 0.3) is 0 Å². The highest BCUT2D eigenvalue weighted by atomic mass is 16.3. The van der Waals surface area contributed by atoms with Gasteiger partial charge in [-0.1, -0.05) is 6.92 Å². The van der Waals surface area contributed by atoms with Crippen LogP contribution in [-0.2, 0) is 0 Å². The Morgan fingerprint density at radius 1 is 1.43 bits per heavy atom. The fraction of sp³-hybridized carbons (Fsp3) is 0.667. The van der Waals surface area contributed by atoms with Gasteiger partial charge in [-0.2, -0.15) is 0 Å². The first-order valence-electron chi connectivity index (χ1n) is 7.66. The number of carbonyl (C=O) groups is 1. The third kappa shape index (κ3) is 4.14. The number of nitrogens with zero attached hydrogens (tertiary/aromatic N) is 3. The zero-order chi connectivity index (χ0) is 15.2. The minimum Gasteiger partial charge on any atom is -0.393 e. The summed E-state index contributed by atoms with van der Waals surface area (Å²) in [5, 5.41) is 20.8. The van der Waals surface area contributed by atoms with E-state index in [4.69, 9.17) is 0 Å². The van der Waals surface area contributed by atoms with Gasteiger partial charge < -0.3 is 15.3 Å². The molecule has 116 valence electrons. The number of aromatic nitrogens is 2. The average molecular weight is 292 g/mol. The topological polar surface area (TPSA) is 78.4 Å². The van der Waals surface area contributed by atoms with Crippen molar-refractivity contribution >= 4 is 11.7 Å². The highest BCUT2D eigenvalue weighted by molar-refractivity contribution is 5.92. The van der Waals surface area contributed by atoms with Crippen LogP contribution in [0.4, 0.5) is 5.82 Å². The van der Waals surface area contributed by atoms with Crippen LogP contribution in [0.15, 0.2) is 12.1 Å². The zero-order valence-corrected chi connectivity index (χ0v) is 12.7. The van der Waals surface area contributed by atoms with Crippen molar-refractivity contribution in [3.8, 4) is 0 Å². The number of piperidine rings is 1. The number of hydrogen-bond acceptors (Lipinski definition) is 5. The normalized spacial score (nSPS) is 17.6. The molecule has 1 aliphatic heterocycles. The standard InChI is InChI=1S/C15H24N4O2/c1-3-8-16-14-5-4-13(17-18-14)15(21)19-9-6-12(7-10-19)11(2)20/h4-5,11-12,20H,3,6-10H2,1-2H3,(H,16,18). The smallest absolute Gasteiger partial charge is 0.274 e. The van der Waals surface area contributed by atoms with Crippen molar-refractivity contribution in [3.05, 3.63) is 17.8 Å². The first-order valence-corrected chi connectivity index (χ1v) is 7.66. The monoisotopic (exact) mass is 292 g/mol. The maximum absolute atomic E-state index is 12.3. The van der Waals surface area contributed by atoms with Gasteiger partial charge in [0.15, 0.2) is 5.69 Å². The second-order valence-corrected chi connectivity index (χ2v) is 5.60. The van der Waals surface area contributed by atoms with Crippen molar-refractivity contribution in [2.45, 2.75) is 39.2 Å². The first kappa shape index (κ1) is 15.7. The number of amides is 1. The number of likely N-dealkylation sites (tertiary alicyclic amines) is 1. The molecule has 6 nitrogen and oxygen atoms in total. The molecule has 6 heteroatoms. The Morgan fingerprint density at radius 3 is 2.67 bits per heavy atom. The minimum atomic E-state index is -0.300. The second-order valence-electron chi connectivity index (χ2n) is 5.60. The highest BCUT2D eigenvalue weighted by Gasteiger charge is 2.26.